The number of ether oxygens (including phenoxy) is 3. The van der Waals surface area contributed by atoms with Gasteiger partial charge >= 0.3 is 5.97 Å². The summed E-state index contributed by atoms with van der Waals surface area (Å²) in [5.41, 5.74) is 7.69. The van der Waals surface area contributed by atoms with Crippen LogP contribution in [-0.4, -0.2) is 35.6 Å². The lowest BCUT2D eigenvalue weighted by Gasteiger charge is -2.41. The third-order valence-corrected chi connectivity index (χ3v) is 6.63. The van der Waals surface area contributed by atoms with Crippen molar-refractivity contribution in [3.05, 3.63) is 53.1 Å². The van der Waals surface area contributed by atoms with E-state index in [-0.39, 0.29) is 12.2 Å². The summed E-state index contributed by atoms with van der Waals surface area (Å²) in [6, 6.07) is 11.8. The summed E-state index contributed by atoms with van der Waals surface area (Å²) in [5.74, 6) is 0.931. The van der Waals surface area contributed by atoms with Gasteiger partial charge in [-0.3, -0.25) is 5.43 Å². The van der Waals surface area contributed by atoms with Crippen molar-refractivity contribution in [2.75, 3.05) is 18.5 Å². The second kappa shape index (κ2) is 11.1. The van der Waals surface area contributed by atoms with E-state index in [1.165, 1.54) is 6.42 Å². The molecule has 1 saturated carbocycles. The number of hydrogen-bond acceptors (Lipinski definition) is 6. The van der Waals surface area contributed by atoms with Crippen molar-refractivity contribution < 1.29 is 19.0 Å². The van der Waals surface area contributed by atoms with Crippen molar-refractivity contribution in [1.29, 1.82) is 0 Å². The maximum Gasteiger partial charge on any atom is 0.344 e. The minimum absolute atomic E-state index is 0.147. The topological polar surface area (TPSA) is 81.2 Å². The van der Waals surface area contributed by atoms with E-state index < -0.39 is 5.97 Å². The smallest absolute Gasteiger partial charge is 0.344 e. The van der Waals surface area contributed by atoms with E-state index in [9.17, 15) is 4.79 Å². The molecule has 0 aromatic heterocycles. The number of esters is 1. The van der Waals surface area contributed by atoms with Gasteiger partial charge in [-0.25, -0.2) is 4.79 Å². The molecule has 2 aromatic carbocycles. The maximum absolute atomic E-state index is 11.7. The highest BCUT2D eigenvalue weighted by Gasteiger charge is 2.40. The summed E-state index contributed by atoms with van der Waals surface area (Å²) in [6.07, 6.45) is 6.19. The van der Waals surface area contributed by atoms with Crippen molar-refractivity contribution in [1.82, 2.24) is 5.43 Å². The fourth-order valence-corrected chi connectivity index (χ4v) is 4.80. The molecule has 1 spiro atoms. The van der Waals surface area contributed by atoms with Gasteiger partial charge in [0.2, 0.25) is 0 Å². The molecule has 0 atom stereocenters. The Hall–Kier alpha value is -3.13. The molecular formula is C27H33N3O4S. The minimum atomic E-state index is -0.402. The number of carbonyl (C=O) groups is 1. The number of nitrogens with zero attached hydrogens (tertiary/aromatic N) is 1. The third kappa shape index (κ3) is 6.31. The first kappa shape index (κ1) is 25.0. The van der Waals surface area contributed by atoms with Crippen LogP contribution in [0.25, 0.3) is 0 Å². The van der Waals surface area contributed by atoms with Crippen molar-refractivity contribution in [2.24, 2.45) is 5.10 Å². The lowest BCUT2D eigenvalue weighted by atomic mass is 9.78. The summed E-state index contributed by atoms with van der Waals surface area (Å²) in [6.45, 7) is 6.03. The number of thiocarbonyl (C=S) groups is 1. The summed E-state index contributed by atoms with van der Waals surface area (Å²) in [5, 5.41) is 8.39. The summed E-state index contributed by atoms with van der Waals surface area (Å²) >= 11 is 5.54. The van der Waals surface area contributed by atoms with E-state index in [4.69, 9.17) is 31.5 Å². The average molecular weight is 496 g/mol. The number of aryl methyl sites for hydroxylation is 2. The lowest BCUT2D eigenvalue weighted by molar-refractivity contribution is -0.145. The number of rotatable bonds is 6. The van der Waals surface area contributed by atoms with Gasteiger partial charge in [-0.05, 0) is 94.1 Å². The minimum Gasteiger partial charge on any atom is -0.486 e. The number of hydrazone groups is 1. The van der Waals surface area contributed by atoms with Gasteiger partial charge < -0.3 is 19.5 Å². The highest BCUT2D eigenvalue weighted by Crippen LogP contribution is 2.43. The van der Waals surface area contributed by atoms with E-state index in [2.05, 4.69) is 28.9 Å². The lowest BCUT2D eigenvalue weighted by Crippen LogP contribution is -2.44. The average Bonchev–Trinajstić information content (AvgIpc) is 2.84. The molecule has 0 saturated heterocycles. The van der Waals surface area contributed by atoms with Crippen LogP contribution in [0.2, 0.25) is 0 Å². The molecule has 0 amide bonds. The third-order valence-electron chi connectivity index (χ3n) is 6.44. The molecule has 2 N–H and O–H groups in total. The highest BCUT2D eigenvalue weighted by molar-refractivity contribution is 7.80. The fourth-order valence-electron chi connectivity index (χ4n) is 4.64. The summed E-state index contributed by atoms with van der Waals surface area (Å²) < 4.78 is 17.2. The Labute approximate surface area is 212 Å². The number of carbonyl (C=O) groups excluding carboxylic acids is 1. The largest absolute Gasteiger partial charge is 0.486 e. The summed E-state index contributed by atoms with van der Waals surface area (Å²) in [4.78, 5) is 11.7. The SMILES string of the molecule is CCOC(=O)COc1ccc2c(c1)C(=NNC(=S)Nc1cc(C)ccc1C)CC1(CCCCC1)O2. The standard InChI is InChI=1S/C27H33N3O4S/c1-4-32-25(31)17-33-20-10-11-24-21(15-20)23(16-27(34-24)12-6-5-7-13-27)29-30-26(35)28-22-14-18(2)8-9-19(22)3/h8-11,14-15H,4-7,12-13,16-17H2,1-3H3,(H2,28,30,35). The van der Waals surface area contributed by atoms with Crippen LogP contribution in [-0.2, 0) is 9.53 Å². The Balaban J connectivity index is 1.55. The Bertz CT molecular complexity index is 1130. The van der Waals surface area contributed by atoms with Crippen LogP contribution >= 0.6 is 12.2 Å². The van der Waals surface area contributed by atoms with Crippen molar-refractivity contribution in [3.63, 3.8) is 0 Å². The number of anilines is 1. The number of fused-ring (bicyclic) bond motifs is 1. The molecule has 186 valence electrons. The first-order chi connectivity index (χ1) is 16.9. The molecule has 0 unspecified atom stereocenters. The van der Waals surface area contributed by atoms with Gasteiger partial charge in [0, 0.05) is 17.7 Å². The van der Waals surface area contributed by atoms with E-state index in [1.807, 2.05) is 32.0 Å². The molecule has 7 nitrogen and oxygen atoms in total. The number of hydrogen-bond donors (Lipinski definition) is 2. The van der Waals surface area contributed by atoms with Gasteiger partial charge in [0.25, 0.3) is 0 Å². The van der Waals surface area contributed by atoms with Crippen molar-refractivity contribution in [2.45, 2.75) is 64.9 Å². The van der Waals surface area contributed by atoms with E-state index in [0.717, 1.165) is 59.5 Å². The predicted molar refractivity (Wildman–Crippen MR) is 141 cm³/mol. The Morgan fingerprint density at radius 2 is 1.94 bits per heavy atom. The predicted octanol–water partition coefficient (Wildman–Crippen LogP) is 5.42. The van der Waals surface area contributed by atoms with E-state index in [1.54, 1.807) is 6.92 Å². The van der Waals surface area contributed by atoms with Gasteiger partial charge in [-0.1, -0.05) is 18.6 Å². The molecule has 1 aliphatic carbocycles. The van der Waals surface area contributed by atoms with Gasteiger partial charge in [0.05, 0.1) is 12.3 Å². The fraction of sp³-hybridized carbons (Fsp3) is 0.444. The first-order valence-electron chi connectivity index (χ1n) is 12.2. The molecule has 2 aromatic rings. The van der Waals surface area contributed by atoms with Gasteiger partial charge in [-0.15, -0.1) is 0 Å². The van der Waals surface area contributed by atoms with Gasteiger partial charge in [0.15, 0.2) is 11.7 Å². The Morgan fingerprint density at radius 1 is 1.14 bits per heavy atom. The molecule has 1 heterocycles. The zero-order chi connectivity index (χ0) is 24.8. The molecule has 1 fully saturated rings. The zero-order valence-electron chi connectivity index (χ0n) is 20.6. The second-order valence-electron chi connectivity index (χ2n) is 9.22. The van der Waals surface area contributed by atoms with E-state index in [0.29, 0.717) is 23.9 Å². The van der Waals surface area contributed by atoms with Crippen LogP contribution < -0.4 is 20.2 Å². The van der Waals surface area contributed by atoms with Gasteiger partial charge in [-0.2, -0.15) is 5.10 Å². The normalized spacial score (nSPS) is 17.3. The van der Waals surface area contributed by atoms with Crippen LogP contribution in [0.1, 0.15) is 62.1 Å². The molecule has 8 heteroatoms. The Kier molecular flexibility index (Phi) is 7.90. The number of benzene rings is 2. The monoisotopic (exact) mass is 495 g/mol. The number of nitrogens with one attached hydrogen (secondary N) is 2. The van der Waals surface area contributed by atoms with Crippen LogP contribution in [0.15, 0.2) is 41.5 Å². The van der Waals surface area contributed by atoms with Crippen LogP contribution in [0.5, 0.6) is 11.5 Å². The quantitative estimate of drug-likeness (QED) is 0.315. The summed E-state index contributed by atoms with van der Waals surface area (Å²) in [7, 11) is 0. The first-order valence-corrected chi connectivity index (χ1v) is 12.6. The maximum atomic E-state index is 11.7. The van der Waals surface area contributed by atoms with Crippen molar-refractivity contribution >= 4 is 34.7 Å². The Morgan fingerprint density at radius 3 is 2.71 bits per heavy atom. The molecule has 35 heavy (non-hydrogen) atoms. The molecular weight excluding hydrogens is 462 g/mol. The second-order valence-corrected chi connectivity index (χ2v) is 9.63. The molecule has 0 radical (unpaired) electrons. The molecule has 4 rings (SSSR count). The molecule has 0 bridgehead atoms. The van der Waals surface area contributed by atoms with Crippen molar-refractivity contribution in [3.8, 4) is 11.5 Å². The van der Waals surface area contributed by atoms with Gasteiger partial charge in [0.1, 0.15) is 17.1 Å². The van der Waals surface area contributed by atoms with E-state index >= 15 is 0 Å². The van der Waals surface area contributed by atoms with Crippen LogP contribution in [0.3, 0.4) is 0 Å². The highest BCUT2D eigenvalue weighted by atomic mass is 32.1. The molecule has 1 aliphatic heterocycles. The van der Waals surface area contributed by atoms with Crippen LogP contribution in [0, 0.1) is 13.8 Å². The van der Waals surface area contributed by atoms with Crippen LogP contribution in [0.4, 0.5) is 5.69 Å². The molecule has 2 aliphatic rings. The zero-order valence-corrected chi connectivity index (χ0v) is 21.4.